The Morgan fingerprint density at radius 3 is 2.52 bits per heavy atom. The van der Waals surface area contributed by atoms with Gasteiger partial charge in [-0.15, -0.1) is 0 Å². The van der Waals surface area contributed by atoms with Crippen molar-refractivity contribution in [3.05, 3.63) is 30.4 Å². The van der Waals surface area contributed by atoms with Gasteiger partial charge in [-0.25, -0.2) is 0 Å². The lowest BCUT2D eigenvalue weighted by Crippen LogP contribution is -2.36. The number of nitrogens with zero attached hydrogens (tertiary/aromatic N) is 4. The topological polar surface area (TPSA) is 93.4 Å². The van der Waals surface area contributed by atoms with Gasteiger partial charge < -0.3 is 14.6 Å². The van der Waals surface area contributed by atoms with E-state index >= 15 is 0 Å². The van der Waals surface area contributed by atoms with Gasteiger partial charge in [0.05, 0.1) is 6.54 Å². The predicted molar refractivity (Wildman–Crippen MR) is 111 cm³/mol. The van der Waals surface area contributed by atoms with E-state index in [-0.39, 0.29) is 5.60 Å². The maximum absolute atomic E-state index is 9.60. The van der Waals surface area contributed by atoms with E-state index in [2.05, 4.69) is 37.0 Å². The van der Waals surface area contributed by atoms with Gasteiger partial charge in [0, 0.05) is 24.5 Å². The van der Waals surface area contributed by atoms with E-state index in [0.29, 0.717) is 18.2 Å². The lowest BCUT2D eigenvalue weighted by atomic mass is 9.97. The van der Waals surface area contributed by atoms with Gasteiger partial charge in [-0.1, -0.05) is 12.1 Å². The minimum atomic E-state index is -0.318. The number of aromatic nitrogens is 3. The monoisotopic (exact) mass is 403 g/mol. The largest absolute Gasteiger partial charge is 0.462 e. The molecule has 2 aromatic rings. The number of hydrogen-bond acceptors (Lipinski definition) is 8. The van der Waals surface area contributed by atoms with Gasteiger partial charge in [0.15, 0.2) is 0 Å². The van der Waals surface area contributed by atoms with Crippen LogP contribution >= 0.6 is 0 Å². The standard InChI is InChI=1S/C16H23N5O.C5H10O2/c1-2-21(11-13-3-7-17-8-4-13)12-15-19-16(20-22-15)14-5-9-18-10-6-14;1-5(2,3)7-4-6/h5-6,9-10,13,17H,2-4,7-8,11-12H2,1H3;4H,1-3H3. The van der Waals surface area contributed by atoms with Crippen molar-refractivity contribution in [2.24, 2.45) is 5.92 Å². The molecule has 0 saturated carbocycles. The van der Waals surface area contributed by atoms with Crippen LogP contribution in [0.4, 0.5) is 0 Å². The molecule has 1 N–H and O–H groups in total. The molecular weight excluding hydrogens is 370 g/mol. The zero-order valence-electron chi connectivity index (χ0n) is 17.9. The molecular formula is C21H33N5O3. The van der Waals surface area contributed by atoms with Crippen LogP contribution in [0.25, 0.3) is 11.4 Å². The van der Waals surface area contributed by atoms with Crippen LogP contribution in [-0.4, -0.2) is 58.3 Å². The van der Waals surface area contributed by atoms with Crippen LogP contribution < -0.4 is 5.32 Å². The average Bonchev–Trinajstić information content (AvgIpc) is 3.17. The first-order valence-electron chi connectivity index (χ1n) is 10.2. The van der Waals surface area contributed by atoms with Crippen LogP contribution in [0, 0.1) is 5.92 Å². The first-order valence-corrected chi connectivity index (χ1v) is 10.2. The summed E-state index contributed by atoms with van der Waals surface area (Å²) < 4.78 is 9.95. The molecule has 0 amide bonds. The Morgan fingerprint density at radius 1 is 1.28 bits per heavy atom. The summed E-state index contributed by atoms with van der Waals surface area (Å²) in [6.07, 6.45) is 5.98. The van der Waals surface area contributed by atoms with Crippen molar-refractivity contribution in [2.45, 2.75) is 52.7 Å². The summed E-state index contributed by atoms with van der Waals surface area (Å²) >= 11 is 0. The van der Waals surface area contributed by atoms with Crippen LogP contribution in [0.3, 0.4) is 0 Å². The fraction of sp³-hybridized carbons (Fsp3) is 0.619. The quantitative estimate of drug-likeness (QED) is 0.706. The zero-order chi connectivity index (χ0) is 21.1. The maximum Gasteiger partial charge on any atom is 0.293 e. The molecule has 0 aromatic carbocycles. The number of pyridine rings is 1. The summed E-state index contributed by atoms with van der Waals surface area (Å²) in [4.78, 5) is 20.5. The Morgan fingerprint density at radius 2 is 1.97 bits per heavy atom. The first kappa shape index (κ1) is 23.0. The van der Waals surface area contributed by atoms with Crippen molar-refractivity contribution in [3.63, 3.8) is 0 Å². The Hall–Kier alpha value is -2.32. The Bertz CT molecular complexity index is 709. The van der Waals surface area contributed by atoms with Gasteiger partial charge in [-0.2, -0.15) is 4.98 Å². The second kappa shape index (κ2) is 11.6. The summed E-state index contributed by atoms with van der Waals surface area (Å²) in [6.45, 7) is 13.2. The highest BCUT2D eigenvalue weighted by molar-refractivity contribution is 5.52. The van der Waals surface area contributed by atoms with Gasteiger partial charge in [0.1, 0.15) is 5.60 Å². The van der Waals surface area contributed by atoms with Gasteiger partial charge >= 0.3 is 0 Å². The molecule has 0 spiro atoms. The minimum absolute atomic E-state index is 0.318. The molecule has 8 heteroatoms. The van der Waals surface area contributed by atoms with Crippen LogP contribution in [0.15, 0.2) is 29.0 Å². The molecule has 0 radical (unpaired) electrons. The number of nitrogens with one attached hydrogen (secondary N) is 1. The molecule has 1 saturated heterocycles. The number of hydrogen-bond donors (Lipinski definition) is 1. The normalized spacial score (nSPS) is 14.9. The third kappa shape index (κ3) is 8.70. The number of piperidine rings is 1. The molecule has 0 aliphatic carbocycles. The van der Waals surface area contributed by atoms with E-state index in [4.69, 9.17) is 4.52 Å². The van der Waals surface area contributed by atoms with E-state index in [9.17, 15) is 4.79 Å². The predicted octanol–water partition coefficient (Wildman–Crippen LogP) is 2.91. The molecule has 2 aromatic heterocycles. The molecule has 3 heterocycles. The summed E-state index contributed by atoms with van der Waals surface area (Å²) in [5.74, 6) is 2.08. The van der Waals surface area contributed by atoms with Gasteiger partial charge in [-0.3, -0.25) is 14.7 Å². The second-order valence-electron chi connectivity index (χ2n) is 8.10. The molecule has 3 rings (SSSR count). The third-order valence-electron chi connectivity index (χ3n) is 4.59. The highest BCUT2D eigenvalue weighted by atomic mass is 16.5. The Kier molecular flexibility index (Phi) is 9.21. The molecule has 1 aliphatic heterocycles. The molecule has 1 fully saturated rings. The van der Waals surface area contributed by atoms with E-state index in [1.165, 1.54) is 12.8 Å². The van der Waals surface area contributed by atoms with E-state index in [1.807, 2.05) is 32.9 Å². The summed E-state index contributed by atoms with van der Waals surface area (Å²) in [7, 11) is 0. The van der Waals surface area contributed by atoms with E-state index < -0.39 is 0 Å². The van der Waals surface area contributed by atoms with Crippen molar-refractivity contribution >= 4 is 6.47 Å². The van der Waals surface area contributed by atoms with Gasteiger partial charge in [0.2, 0.25) is 11.7 Å². The van der Waals surface area contributed by atoms with Gasteiger partial charge in [0.25, 0.3) is 6.47 Å². The number of carbonyl (C=O) groups is 1. The Balaban J connectivity index is 0.000000370. The second-order valence-corrected chi connectivity index (χ2v) is 8.10. The summed E-state index contributed by atoms with van der Waals surface area (Å²) in [6, 6.07) is 3.78. The molecule has 1 aliphatic rings. The highest BCUT2D eigenvalue weighted by Crippen LogP contribution is 2.17. The van der Waals surface area contributed by atoms with Crippen molar-refractivity contribution in [1.82, 2.24) is 25.3 Å². The fourth-order valence-electron chi connectivity index (χ4n) is 3.01. The molecule has 0 atom stereocenters. The van der Waals surface area contributed by atoms with Crippen LogP contribution in [0.2, 0.25) is 0 Å². The number of ether oxygens (including phenoxy) is 1. The van der Waals surface area contributed by atoms with Gasteiger partial charge in [-0.05, 0) is 71.3 Å². The smallest absolute Gasteiger partial charge is 0.293 e. The molecule has 0 unspecified atom stereocenters. The van der Waals surface area contributed by atoms with Crippen molar-refractivity contribution in [1.29, 1.82) is 0 Å². The number of carbonyl (C=O) groups excluding carboxylic acids is 1. The number of rotatable bonds is 7. The Labute approximate surface area is 173 Å². The molecule has 8 nitrogen and oxygen atoms in total. The van der Waals surface area contributed by atoms with Crippen molar-refractivity contribution in [2.75, 3.05) is 26.2 Å². The SMILES string of the molecule is CC(C)(C)OC=O.CCN(Cc1nc(-c2ccncc2)no1)CC1CCNCC1. The molecule has 29 heavy (non-hydrogen) atoms. The van der Waals surface area contributed by atoms with Crippen LogP contribution in [-0.2, 0) is 16.1 Å². The summed E-state index contributed by atoms with van der Waals surface area (Å²) in [5.41, 5.74) is 0.619. The molecule has 160 valence electrons. The van der Waals surface area contributed by atoms with Crippen LogP contribution in [0.1, 0.15) is 46.4 Å². The highest BCUT2D eigenvalue weighted by Gasteiger charge is 2.18. The molecule has 0 bridgehead atoms. The minimum Gasteiger partial charge on any atom is -0.462 e. The lowest BCUT2D eigenvalue weighted by Gasteiger charge is -2.28. The third-order valence-corrected chi connectivity index (χ3v) is 4.59. The summed E-state index contributed by atoms with van der Waals surface area (Å²) in [5, 5.41) is 7.48. The first-order chi connectivity index (χ1) is 13.9. The van der Waals surface area contributed by atoms with E-state index in [1.54, 1.807) is 12.4 Å². The lowest BCUT2D eigenvalue weighted by molar-refractivity contribution is -0.138. The van der Waals surface area contributed by atoms with Crippen molar-refractivity contribution in [3.8, 4) is 11.4 Å². The van der Waals surface area contributed by atoms with Crippen LogP contribution in [0.5, 0.6) is 0 Å². The van der Waals surface area contributed by atoms with E-state index in [0.717, 1.165) is 44.2 Å². The zero-order valence-corrected chi connectivity index (χ0v) is 17.9. The average molecular weight is 404 g/mol. The maximum atomic E-state index is 9.60. The van der Waals surface area contributed by atoms with Crippen molar-refractivity contribution < 1.29 is 14.1 Å². The fourth-order valence-corrected chi connectivity index (χ4v) is 3.01.